The van der Waals surface area contributed by atoms with Crippen molar-refractivity contribution in [1.82, 2.24) is 14.4 Å². The molecular formula is C19H31N3O. The maximum atomic E-state index is 12.6. The lowest BCUT2D eigenvalue weighted by Crippen LogP contribution is -2.51. The first kappa shape index (κ1) is 16.6. The van der Waals surface area contributed by atoms with Crippen LogP contribution in [0, 0.1) is 19.8 Å². The highest BCUT2D eigenvalue weighted by Gasteiger charge is 2.34. The third-order valence-electron chi connectivity index (χ3n) is 5.87. The van der Waals surface area contributed by atoms with Crippen LogP contribution in [0.1, 0.15) is 43.5 Å². The Kier molecular flexibility index (Phi) is 5.10. The lowest BCUT2D eigenvalue weighted by atomic mass is 9.83. The number of aromatic nitrogens is 1. The van der Waals surface area contributed by atoms with Crippen LogP contribution in [0.25, 0.3) is 0 Å². The first-order valence-electron chi connectivity index (χ1n) is 9.17. The number of hydrogen-bond acceptors (Lipinski definition) is 2. The average Bonchev–Trinajstić information content (AvgIpc) is 2.87. The highest BCUT2D eigenvalue weighted by molar-refractivity contribution is 5.76. The minimum Gasteiger partial charge on any atom is -0.344 e. The summed E-state index contributed by atoms with van der Waals surface area (Å²) in [6, 6.07) is 4.88. The molecule has 4 heteroatoms. The normalized spacial score (nSPS) is 25.2. The molecule has 3 rings (SSSR count). The van der Waals surface area contributed by atoms with E-state index in [0.717, 1.165) is 6.54 Å². The van der Waals surface area contributed by atoms with Crippen LogP contribution in [0.3, 0.4) is 0 Å². The van der Waals surface area contributed by atoms with Gasteiger partial charge in [0, 0.05) is 31.0 Å². The third kappa shape index (κ3) is 3.63. The van der Waals surface area contributed by atoms with Gasteiger partial charge in [-0.1, -0.05) is 6.42 Å². The molecule has 0 aromatic carbocycles. The second-order valence-electron chi connectivity index (χ2n) is 7.48. The zero-order valence-corrected chi connectivity index (χ0v) is 14.9. The van der Waals surface area contributed by atoms with Gasteiger partial charge >= 0.3 is 0 Å². The van der Waals surface area contributed by atoms with Gasteiger partial charge in [0.25, 0.3) is 0 Å². The molecule has 1 aromatic heterocycles. The monoisotopic (exact) mass is 317 g/mol. The quantitative estimate of drug-likeness (QED) is 0.854. The minimum absolute atomic E-state index is 0.236. The fourth-order valence-electron chi connectivity index (χ4n) is 4.45. The molecule has 2 aliphatic heterocycles. The molecule has 3 heterocycles. The summed E-state index contributed by atoms with van der Waals surface area (Å²) in [5.41, 5.74) is 2.33. The number of rotatable bonds is 4. The van der Waals surface area contributed by atoms with Crippen LogP contribution < -0.4 is 0 Å². The van der Waals surface area contributed by atoms with Gasteiger partial charge in [-0.3, -0.25) is 4.79 Å². The summed E-state index contributed by atoms with van der Waals surface area (Å²) < 4.78 is 2.12. The predicted octanol–water partition coefficient (Wildman–Crippen LogP) is 2.83. The molecule has 2 unspecified atom stereocenters. The van der Waals surface area contributed by atoms with Gasteiger partial charge in [0.1, 0.15) is 6.54 Å². The molecule has 0 radical (unpaired) electrons. The Bertz CT molecular complexity index is 529. The molecule has 1 amide bonds. The van der Waals surface area contributed by atoms with Crippen molar-refractivity contribution >= 4 is 5.91 Å². The first-order valence-corrected chi connectivity index (χ1v) is 9.17. The molecule has 0 spiro atoms. The molecule has 2 saturated heterocycles. The SMILES string of the molecule is Cc1ccc(C)n1CC(=O)N(C)CC1CCCN2CCCCC12. The highest BCUT2D eigenvalue weighted by Crippen LogP contribution is 2.31. The van der Waals surface area contributed by atoms with E-state index in [9.17, 15) is 4.79 Å². The number of likely N-dealkylation sites (N-methyl/N-ethyl adjacent to an activating group) is 1. The molecule has 1 aromatic rings. The summed E-state index contributed by atoms with van der Waals surface area (Å²) >= 11 is 0. The van der Waals surface area contributed by atoms with Gasteiger partial charge in [-0.05, 0) is 70.7 Å². The van der Waals surface area contributed by atoms with Crippen molar-refractivity contribution in [1.29, 1.82) is 0 Å². The van der Waals surface area contributed by atoms with Crippen molar-refractivity contribution in [3.63, 3.8) is 0 Å². The summed E-state index contributed by atoms with van der Waals surface area (Å²) in [4.78, 5) is 17.3. The van der Waals surface area contributed by atoms with E-state index in [1.807, 2.05) is 11.9 Å². The van der Waals surface area contributed by atoms with Gasteiger partial charge in [-0.15, -0.1) is 0 Å². The fraction of sp³-hybridized carbons (Fsp3) is 0.737. The third-order valence-corrected chi connectivity index (χ3v) is 5.87. The van der Waals surface area contributed by atoms with Crippen molar-refractivity contribution in [2.24, 2.45) is 5.92 Å². The van der Waals surface area contributed by atoms with E-state index < -0.39 is 0 Å². The maximum absolute atomic E-state index is 12.6. The number of hydrogen-bond donors (Lipinski definition) is 0. The minimum atomic E-state index is 0.236. The molecule has 0 N–H and O–H groups in total. The van der Waals surface area contributed by atoms with E-state index in [1.165, 1.54) is 56.6 Å². The zero-order valence-electron chi connectivity index (χ0n) is 14.9. The van der Waals surface area contributed by atoms with Crippen molar-refractivity contribution in [2.45, 2.75) is 58.5 Å². The van der Waals surface area contributed by atoms with Crippen LogP contribution in [0.5, 0.6) is 0 Å². The second-order valence-corrected chi connectivity index (χ2v) is 7.48. The Labute approximate surface area is 140 Å². The molecule has 0 aliphatic carbocycles. The van der Waals surface area contributed by atoms with Crippen LogP contribution in [0.15, 0.2) is 12.1 Å². The lowest BCUT2D eigenvalue weighted by molar-refractivity contribution is -0.131. The number of piperidine rings is 2. The van der Waals surface area contributed by atoms with Gasteiger partial charge in [0.15, 0.2) is 0 Å². The predicted molar refractivity (Wildman–Crippen MR) is 93.5 cm³/mol. The van der Waals surface area contributed by atoms with Crippen LogP contribution in [0.4, 0.5) is 0 Å². The van der Waals surface area contributed by atoms with Crippen LogP contribution in [-0.2, 0) is 11.3 Å². The topological polar surface area (TPSA) is 28.5 Å². The van der Waals surface area contributed by atoms with Gasteiger partial charge in [-0.25, -0.2) is 0 Å². The molecule has 2 fully saturated rings. The Morgan fingerprint density at radius 1 is 1.13 bits per heavy atom. The van der Waals surface area contributed by atoms with Crippen molar-refractivity contribution < 1.29 is 4.79 Å². The summed E-state index contributed by atoms with van der Waals surface area (Å²) in [6.07, 6.45) is 6.60. The number of nitrogens with zero attached hydrogens (tertiary/aromatic N) is 3. The molecule has 4 nitrogen and oxygen atoms in total. The number of fused-ring (bicyclic) bond motifs is 1. The highest BCUT2D eigenvalue weighted by atomic mass is 16.2. The summed E-state index contributed by atoms with van der Waals surface area (Å²) in [5, 5.41) is 0. The Morgan fingerprint density at radius 3 is 2.57 bits per heavy atom. The van der Waals surface area contributed by atoms with E-state index in [1.54, 1.807) is 0 Å². The lowest BCUT2D eigenvalue weighted by Gasteiger charge is -2.45. The largest absolute Gasteiger partial charge is 0.344 e. The number of carbonyl (C=O) groups is 1. The summed E-state index contributed by atoms with van der Waals surface area (Å²) in [5.74, 6) is 0.894. The Morgan fingerprint density at radius 2 is 1.83 bits per heavy atom. The smallest absolute Gasteiger partial charge is 0.242 e. The van der Waals surface area contributed by atoms with E-state index >= 15 is 0 Å². The number of carbonyl (C=O) groups excluding carboxylic acids is 1. The fourth-order valence-corrected chi connectivity index (χ4v) is 4.45. The van der Waals surface area contributed by atoms with Crippen LogP contribution in [0.2, 0.25) is 0 Å². The average molecular weight is 317 g/mol. The Hall–Kier alpha value is -1.29. The van der Waals surface area contributed by atoms with Gasteiger partial charge in [0.05, 0.1) is 0 Å². The van der Waals surface area contributed by atoms with Crippen molar-refractivity contribution in [3.05, 3.63) is 23.5 Å². The van der Waals surface area contributed by atoms with Crippen LogP contribution >= 0.6 is 0 Å². The molecule has 2 aliphatic rings. The summed E-state index contributed by atoms with van der Waals surface area (Å²) in [6.45, 7) is 8.06. The maximum Gasteiger partial charge on any atom is 0.242 e. The van der Waals surface area contributed by atoms with Gasteiger partial charge in [0.2, 0.25) is 5.91 Å². The first-order chi connectivity index (χ1) is 11.1. The van der Waals surface area contributed by atoms with Gasteiger partial charge in [-0.2, -0.15) is 0 Å². The second kappa shape index (κ2) is 7.08. The number of aryl methyl sites for hydroxylation is 2. The van der Waals surface area contributed by atoms with E-state index in [0.29, 0.717) is 18.5 Å². The number of amides is 1. The molecule has 0 bridgehead atoms. The van der Waals surface area contributed by atoms with Crippen molar-refractivity contribution in [2.75, 3.05) is 26.7 Å². The molecular weight excluding hydrogens is 286 g/mol. The van der Waals surface area contributed by atoms with Crippen molar-refractivity contribution in [3.8, 4) is 0 Å². The molecule has 2 atom stereocenters. The summed E-state index contributed by atoms with van der Waals surface area (Å²) in [7, 11) is 1.98. The van der Waals surface area contributed by atoms with Crippen LogP contribution in [-0.4, -0.2) is 53.0 Å². The van der Waals surface area contributed by atoms with E-state index in [2.05, 4.69) is 35.4 Å². The zero-order chi connectivity index (χ0) is 16.4. The van der Waals surface area contributed by atoms with E-state index in [-0.39, 0.29) is 5.91 Å². The molecule has 128 valence electrons. The van der Waals surface area contributed by atoms with Gasteiger partial charge < -0.3 is 14.4 Å². The Balaban J connectivity index is 1.59. The van der Waals surface area contributed by atoms with E-state index in [4.69, 9.17) is 0 Å². The molecule has 0 saturated carbocycles. The standard InChI is InChI=1S/C19H31N3O/c1-15-9-10-16(2)22(15)14-19(23)20(3)13-17-7-6-12-21-11-5-4-8-18(17)21/h9-10,17-18H,4-8,11-14H2,1-3H3. The molecule has 23 heavy (non-hydrogen) atoms.